The fraction of sp³-hybridized carbons (Fsp3) is 0.583. The molecule has 86 valence electrons. The molecule has 4 nitrogen and oxygen atoms in total. The highest BCUT2D eigenvalue weighted by atomic mass is 16.5. The Hall–Kier alpha value is -1.45. The molecule has 2 rings (SSSR count). The molecule has 1 saturated carbocycles. The second-order valence-corrected chi connectivity index (χ2v) is 4.03. The second kappa shape index (κ2) is 5.05. The highest BCUT2D eigenvalue weighted by Crippen LogP contribution is 2.32. The normalized spacial score (nSPS) is 16.3. The van der Waals surface area contributed by atoms with Crippen molar-refractivity contribution in [3.05, 3.63) is 23.8 Å². The largest absolute Gasteiger partial charge is 0.461 e. The first-order valence-electron chi connectivity index (χ1n) is 5.80. The Bertz CT molecular complexity index is 373. The lowest BCUT2D eigenvalue weighted by Gasteiger charge is -2.08. The molecule has 1 heterocycles. The van der Waals surface area contributed by atoms with Crippen LogP contribution in [0.4, 0.5) is 0 Å². The predicted molar refractivity (Wildman–Crippen MR) is 59.2 cm³/mol. The van der Waals surface area contributed by atoms with E-state index in [4.69, 9.17) is 4.74 Å². The Morgan fingerprint density at radius 3 is 2.88 bits per heavy atom. The molecule has 0 N–H and O–H groups in total. The van der Waals surface area contributed by atoms with Crippen molar-refractivity contribution >= 4 is 5.97 Å². The first kappa shape index (κ1) is 11.0. The molecular formula is C12H16N2O2. The van der Waals surface area contributed by atoms with E-state index in [1.807, 2.05) is 0 Å². The summed E-state index contributed by atoms with van der Waals surface area (Å²) in [5.74, 6) is 0.139. The minimum absolute atomic E-state index is 0.357. The maximum atomic E-state index is 11.5. The van der Waals surface area contributed by atoms with Gasteiger partial charge in [0.2, 0.25) is 0 Å². The summed E-state index contributed by atoms with van der Waals surface area (Å²) in [6.07, 6.45) is 6.30. The predicted octanol–water partition coefficient (Wildman–Crippen LogP) is 2.31. The molecular weight excluding hydrogens is 204 g/mol. The molecule has 4 heteroatoms. The molecule has 16 heavy (non-hydrogen) atoms. The minimum Gasteiger partial charge on any atom is -0.461 e. The van der Waals surface area contributed by atoms with Gasteiger partial charge in [-0.05, 0) is 25.8 Å². The lowest BCUT2D eigenvalue weighted by atomic mass is 10.0. The third kappa shape index (κ3) is 2.38. The third-order valence-electron chi connectivity index (χ3n) is 2.95. The SMILES string of the molecule is CCOC(=O)c1cc(C2CCCC2)ncn1. The summed E-state index contributed by atoms with van der Waals surface area (Å²) in [6.45, 7) is 2.17. The van der Waals surface area contributed by atoms with E-state index in [9.17, 15) is 4.79 Å². The maximum absolute atomic E-state index is 11.5. The Labute approximate surface area is 95.1 Å². The Balaban J connectivity index is 2.15. The van der Waals surface area contributed by atoms with E-state index in [2.05, 4.69) is 9.97 Å². The van der Waals surface area contributed by atoms with Gasteiger partial charge in [-0.2, -0.15) is 0 Å². The molecule has 0 atom stereocenters. The first-order valence-corrected chi connectivity index (χ1v) is 5.80. The van der Waals surface area contributed by atoms with Crippen molar-refractivity contribution in [1.82, 2.24) is 9.97 Å². The number of hydrogen-bond acceptors (Lipinski definition) is 4. The van der Waals surface area contributed by atoms with Crippen molar-refractivity contribution < 1.29 is 9.53 Å². The number of rotatable bonds is 3. The molecule has 1 aromatic heterocycles. The Morgan fingerprint density at radius 1 is 1.44 bits per heavy atom. The molecule has 0 unspecified atom stereocenters. The quantitative estimate of drug-likeness (QED) is 0.733. The van der Waals surface area contributed by atoms with Gasteiger partial charge in [-0.15, -0.1) is 0 Å². The minimum atomic E-state index is -0.357. The van der Waals surface area contributed by atoms with Crippen molar-refractivity contribution in [1.29, 1.82) is 0 Å². The van der Waals surface area contributed by atoms with Crippen molar-refractivity contribution in [3.63, 3.8) is 0 Å². The fourth-order valence-electron chi connectivity index (χ4n) is 2.13. The highest BCUT2D eigenvalue weighted by molar-refractivity contribution is 5.87. The molecule has 1 fully saturated rings. The van der Waals surface area contributed by atoms with E-state index in [1.54, 1.807) is 13.0 Å². The highest BCUT2D eigenvalue weighted by Gasteiger charge is 2.20. The number of ether oxygens (including phenoxy) is 1. The number of hydrogen-bond donors (Lipinski definition) is 0. The topological polar surface area (TPSA) is 52.1 Å². The summed E-state index contributed by atoms with van der Waals surface area (Å²) < 4.78 is 4.92. The number of carbonyl (C=O) groups excluding carboxylic acids is 1. The van der Waals surface area contributed by atoms with Gasteiger partial charge in [-0.1, -0.05) is 12.8 Å². The first-order chi connectivity index (χ1) is 7.81. The average molecular weight is 220 g/mol. The number of esters is 1. The number of aromatic nitrogens is 2. The fourth-order valence-corrected chi connectivity index (χ4v) is 2.13. The van der Waals surface area contributed by atoms with Crippen LogP contribution < -0.4 is 0 Å². The smallest absolute Gasteiger partial charge is 0.357 e. The summed E-state index contributed by atoms with van der Waals surface area (Å²) >= 11 is 0. The average Bonchev–Trinajstić information content (AvgIpc) is 2.83. The van der Waals surface area contributed by atoms with Gasteiger partial charge < -0.3 is 4.74 Å². The van der Waals surface area contributed by atoms with Crippen molar-refractivity contribution in [2.75, 3.05) is 6.61 Å². The molecule has 1 aliphatic rings. The second-order valence-electron chi connectivity index (χ2n) is 4.03. The van der Waals surface area contributed by atoms with Gasteiger partial charge in [0.05, 0.1) is 6.61 Å². The molecule has 0 spiro atoms. The van der Waals surface area contributed by atoms with Gasteiger partial charge in [0.1, 0.15) is 6.33 Å². The number of nitrogens with zero attached hydrogens (tertiary/aromatic N) is 2. The zero-order chi connectivity index (χ0) is 11.4. The van der Waals surface area contributed by atoms with E-state index >= 15 is 0 Å². The molecule has 0 amide bonds. The van der Waals surface area contributed by atoms with Gasteiger partial charge in [0.25, 0.3) is 0 Å². The Kier molecular flexibility index (Phi) is 3.49. The summed E-state index contributed by atoms with van der Waals surface area (Å²) in [5, 5.41) is 0. The monoisotopic (exact) mass is 220 g/mol. The van der Waals surface area contributed by atoms with E-state index in [-0.39, 0.29) is 5.97 Å². The summed E-state index contributed by atoms with van der Waals surface area (Å²) in [6, 6.07) is 1.77. The third-order valence-corrected chi connectivity index (χ3v) is 2.95. The van der Waals surface area contributed by atoms with Crippen LogP contribution >= 0.6 is 0 Å². The molecule has 0 saturated heterocycles. The van der Waals surface area contributed by atoms with Crippen LogP contribution in [0.2, 0.25) is 0 Å². The van der Waals surface area contributed by atoms with Crippen LogP contribution in [-0.2, 0) is 4.74 Å². The van der Waals surface area contributed by atoms with Gasteiger partial charge in [0.15, 0.2) is 5.69 Å². The van der Waals surface area contributed by atoms with Crippen molar-refractivity contribution in [2.45, 2.75) is 38.5 Å². The van der Waals surface area contributed by atoms with Crippen LogP contribution in [0.3, 0.4) is 0 Å². The molecule has 1 aliphatic carbocycles. The van der Waals surface area contributed by atoms with Gasteiger partial charge in [0, 0.05) is 11.6 Å². The van der Waals surface area contributed by atoms with E-state index < -0.39 is 0 Å². The zero-order valence-electron chi connectivity index (χ0n) is 9.48. The number of carbonyl (C=O) groups is 1. The van der Waals surface area contributed by atoms with Crippen molar-refractivity contribution in [2.24, 2.45) is 0 Å². The Morgan fingerprint density at radius 2 is 2.19 bits per heavy atom. The van der Waals surface area contributed by atoms with Crippen LogP contribution in [0.5, 0.6) is 0 Å². The lowest BCUT2D eigenvalue weighted by molar-refractivity contribution is 0.0519. The van der Waals surface area contributed by atoms with Crippen molar-refractivity contribution in [3.8, 4) is 0 Å². The van der Waals surface area contributed by atoms with Crippen LogP contribution in [0.1, 0.15) is 54.7 Å². The van der Waals surface area contributed by atoms with E-state index in [0.29, 0.717) is 18.2 Å². The van der Waals surface area contributed by atoms with Gasteiger partial charge in [-0.3, -0.25) is 0 Å². The van der Waals surface area contributed by atoms with Crippen LogP contribution in [0, 0.1) is 0 Å². The molecule has 0 aromatic carbocycles. The lowest BCUT2D eigenvalue weighted by Crippen LogP contribution is -2.09. The van der Waals surface area contributed by atoms with Gasteiger partial charge in [-0.25, -0.2) is 14.8 Å². The van der Waals surface area contributed by atoms with E-state index in [0.717, 1.165) is 5.69 Å². The standard InChI is InChI=1S/C12H16N2O2/c1-2-16-12(15)11-7-10(13-8-14-11)9-5-3-4-6-9/h7-9H,2-6H2,1H3. The molecule has 0 aliphatic heterocycles. The summed E-state index contributed by atoms with van der Waals surface area (Å²) in [4.78, 5) is 19.7. The van der Waals surface area contributed by atoms with Crippen LogP contribution in [-0.4, -0.2) is 22.5 Å². The maximum Gasteiger partial charge on any atom is 0.357 e. The zero-order valence-corrected chi connectivity index (χ0v) is 9.48. The van der Waals surface area contributed by atoms with Crippen LogP contribution in [0.15, 0.2) is 12.4 Å². The molecule has 0 radical (unpaired) electrons. The molecule has 0 bridgehead atoms. The molecule has 1 aromatic rings. The van der Waals surface area contributed by atoms with Gasteiger partial charge >= 0.3 is 5.97 Å². The summed E-state index contributed by atoms with van der Waals surface area (Å²) in [7, 11) is 0. The van der Waals surface area contributed by atoms with E-state index in [1.165, 1.54) is 32.0 Å². The summed E-state index contributed by atoms with van der Waals surface area (Å²) in [5.41, 5.74) is 1.36. The van der Waals surface area contributed by atoms with Crippen LogP contribution in [0.25, 0.3) is 0 Å².